The summed E-state index contributed by atoms with van der Waals surface area (Å²) in [5, 5.41) is 27.3. The predicted octanol–water partition coefficient (Wildman–Crippen LogP) is 0.581. The number of halogens is 1. The zero-order valence-electron chi connectivity index (χ0n) is 9.14. The number of nitrogens with zero attached hydrogens (tertiary/aromatic N) is 1. The van der Waals surface area contributed by atoms with Crippen LogP contribution in [0.5, 0.6) is 5.75 Å². The molecular weight excluding hydrogens is 290 g/mol. The molecule has 0 bridgehead atoms. The highest BCUT2D eigenvalue weighted by Crippen LogP contribution is 2.23. The van der Waals surface area contributed by atoms with Gasteiger partial charge >= 0.3 is 0 Å². The van der Waals surface area contributed by atoms with Crippen molar-refractivity contribution in [3.8, 4) is 5.75 Å². The number of aliphatic hydroxyl groups excluding tert-OH is 2. The molecule has 0 atom stereocenters. The van der Waals surface area contributed by atoms with Gasteiger partial charge in [0.05, 0.1) is 18.8 Å². The van der Waals surface area contributed by atoms with Gasteiger partial charge in [0, 0.05) is 17.6 Å². The van der Waals surface area contributed by atoms with Crippen LogP contribution in [0.25, 0.3) is 0 Å². The summed E-state index contributed by atoms with van der Waals surface area (Å²) in [6, 6.07) is 4.55. The predicted molar refractivity (Wildman–Crippen MR) is 65.9 cm³/mol. The second-order valence-electron chi connectivity index (χ2n) is 3.40. The standard InChI is InChI=1S/C11H14BrNO4/c12-8-1-2-9(10(16)7-8)11(17)13(3-5-14)4-6-15/h1-2,7,14-16H,3-6H2. The molecule has 1 amide bonds. The fraction of sp³-hybridized carbons (Fsp3) is 0.364. The van der Waals surface area contributed by atoms with E-state index in [0.717, 1.165) is 0 Å². The molecule has 0 saturated heterocycles. The Morgan fingerprint density at radius 2 is 1.82 bits per heavy atom. The molecule has 1 rings (SSSR count). The van der Waals surface area contributed by atoms with Crippen molar-refractivity contribution in [3.05, 3.63) is 28.2 Å². The maximum absolute atomic E-state index is 12.0. The van der Waals surface area contributed by atoms with Gasteiger partial charge in [-0.2, -0.15) is 0 Å². The van der Waals surface area contributed by atoms with Crippen LogP contribution in [0.4, 0.5) is 0 Å². The Labute approximate surface area is 107 Å². The number of aromatic hydroxyl groups is 1. The number of carbonyl (C=O) groups excluding carboxylic acids is 1. The molecule has 1 aromatic carbocycles. The van der Waals surface area contributed by atoms with Gasteiger partial charge in [-0.3, -0.25) is 4.79 Å². The van der Waals surface area contributed by atoms with Gasteiger partial charge in [0.2, 0.25) is 0 Å². The number of rotatable bonds is 5. The minimum Gasteiger partial charge on any atom is -0.507 e. The van der Waals surface area contributed by atoms with Gasteiger partial charge in [-0.1, -0.05) is 15.9 Å². The summed E-state index contributed by atoms with van der Waals surface area (Å²) in [5.74, 6) is -0.552. The topological polar surface area (TPSA) is 81.0 Å². The third-order valence-corrected chi connectivity index (χ3v) is 2.71. The summed E-state index contributed by atoms with van der Waals surface area (Å²) < 4.78 is 0.669. The van der Waals surface area contributed by atoms with E-state index >= 15 is 0 Å². The molecule has 0 fully saturated rings. The quantitative estimate of drug-likeness (QED) is 0.743. The lowest BCUT2D eigenvalue weighted by molar-refractivity contribution is 0.0682. The molecule has 94 valence electrons. The van der Waals surface area contributed by atoms with E-state index in [1.807, 2.05) is 0 Å². The SMILES string of the molecule is O=C(c1ccc(Br)cc1O)N(CCO)CCO. The van der Waals surface area contributed by atoms with E-state index < -0.39 is 5.91 Å². The zero-order chi connectivity index (χ0) is 12.8. The van der Waals surface area contributed by atoms with Crippen molar-refractivity contribution in [2.75, 3.05) is 26.3 Å². The van der Waals surface area contributed by atoms with Crippen molar-refractivity contribution in [3.63, 3.8) is 0 Å². The molecule has 0 aliphatic heterocycles. The molecular formula is C11H14BrNO4. The van der Waals surface area contributed by atoms with Crippen molar-refractivity contribution in [2.24, 2.45) is 0 Å². The van der Waals surface area contributed by atoms with E-state index in [1.165, 1.54) is 17.0 Å². The third kappa shape index (κ3) is 3.69. The molecule has 0 aromatic heterocycles. The smallest absolute Gasteiger partial charge is 0.257 e. The van der Waals surface area contributed by atoms with Gasteiger partial charge in [-0.05, 0) is 18.2 Å². The lowest BCUT2D eigenvalue weighted by Gasteiger charge is -2.21. The van der Waals surface area contributed by atoms with Gasteiger partial charge in [0.15, 0.2) is 0 Å². The van der Waals surface area contributed by atoms with E-state index in [1.54, 1.807) is 6.07 Å². The number of phenols is 1. The average molecular weight is 304 g/mol. The van der Waals surface area contributed by atoms with E-state index in [0.29, 0.717) is 4.47 Å². The minimum atomic E-state index is -0.418. The summed E-state index contributed by atoms with van der Waals surface area (Å²) >= 11 is 3.18. The molecule has 0 radical (unpaired) electrons. The molecule has 6 heteroatoms. The number of amides is 1. The van der Waals surface area contributed by atoms with E-state index in [-0.39, 0.29) is 37.6 Å². The van der Waals surface area contributed by atoms with Gasteiger partial charge in [0.25, 0.3) is 5.91 Å². The van der Waals surface area contributed by atoms with Crippen LogP contribution < -0.4 is 0 Å². The summed E-state index contributed by atoms with van der Waals surface area (Å²) in [6.07, 6.45) is 0. The maximum atomic E-state index is 12.0. The normalized spacial score (nSPS) is 10.3. The number of benzene rings is 1. The third-order valence-electron chi connectivity index (χ3n) is 2.22. The molecule has 0 saturated carbocycles. The van der Waals surface area contributed by atoms with Crippen LogP contribution in [0.1, 0.15) is 10.4 Å². The number of carbonyl (C=O) groups is 1. The second-order valence-corrected chi connectivity index (χ2v) is 4.32. The molecule has 3 N–H and O–H groups in total. The molecule has 0 heterocycles. The number of hydrogen-bond donors (Lipinski definition) is 3. The fourth-order valence-electron chi connectivity index (χ4n) is 1.41. The average Bonchev–Trinajstić information content (AvgIpc) is 2.28. The number of aliphatic hydroxyl groups is 2. The molecule has 0 aliphatic carbocycles. The molecule has 17 heavy (non-hydrogen) atoms. The Morgan fingerprint density at radius 3 is 2.29 bits per heavy atom. The van der Waals surface area contributed by atoms with Crippen LogP contribution in [-0.2, 0) is 0 Å². The first-order valence-corrected chi connectivity index (χ1v) is 5.89. The van der Waals surface area contributed by atoms with Crippen LogP contribution in [0.2, 0.25) is 0 Å². The van der Waals surface area contributed by atoms with E-state index in [4.69, 9.17) is 10.2 Å². The highest BCUT2D eigenvalue weighted by molar-refractivity contribution is 9.10. The highest BCUT2D eigenvalue weighted by atomic mass is 79.9. The Morgan fingerprint density at radius 1 is 1.24 bits per heavy atom. The van der Waals surface area contributed by atoms with Crippen LogP contribution in [0.3, 0.4) is 0 Å². The largest absolute Gasteiger partial charge is 0.507 e. The van der Waals surface area contributed by atoms with Crippen molar-refractivity contribution in [1.82, 2.24) is 4.90 Å². The van der Waals surface area contributed by atoms with Crippen LogP contribution in [-0.4, -0.2) is 52.4 Å². The molecule has 0 unspecified atom stereocenters. The summed E-state index contributed by atoms with van der Waals surface area (Å²) in [5.41, 5.74) is 0.148. The van der Waals surface area contributed by atoms with Crippen molar-refractivity contribution < 1.29 is 20.1 Å². The molecule has 0 spiro atoms. The van der Waals surface area contributed by atoms with Crippen LogP contribution in [0.15, 0.2) is 22.7 Å². The van der Waals surface area contributed by atoms with Gasteiger partial charge in [0.1, 0.15) is 5.75 Å². The van der Waals surface area contributed by atoms with Crippen molar-refractivity contribution in [1.29, 1.82) is 0 Å². The van der Waals surface area contributed by atoms with Crippen LogP contribution >= 0.6 is 15.9 Å². The van der Waals surface area contributed by atoms with Gasteiger partial charge in [-0.25, -0.2) is 0 Å². The zero-order valence-corrected chi connectivity index (χ0v) is 10.7. The minimum absolute atomic E-state index is 0.120. The molecule has 1 aromatic rings. The van der Waals surface area contributed by atoms with Crippen molar-refractivity contribution >= 4 is 21.8 Å². The lowest BCUT2D eigenvalue weighted by atomic mass is 10.1. The molecule has 0 aliphatic rings. The Kier molecular flexibility index (Phi) is 5.40. The summed E-state index contributed by atoms with van der Waals surface area (Å²) in [6.45, 7) is -0.143. The van der Waals surface area contributed by atoms with Gasteiger partial charge < -0.3 is 20.2 Å². The summed E-state index contributed by atoms with van der Waals surface area (Å²) in [7, 11) is 0. The first-order chi connectivity index (χ1) is 8.10. The fourth-order valence-corrected chi connectivity index (χ4v) is 1.76. The van der Waals surface area contributed by atoms with Crippen LogP contribution in [0, 0.1) is 0 Å². The monoisotopic (exact) mass is 303 g/mol. The molecule has 5 nitrogen and oxygen atoms in total. The number of phenolic OH excluding ortho intramolecular Hbond substituents is 1. The highest BCUT2D eigenvalue weighted by Gasteiger charge is 2.18. The summed E-state index contributed by atoms with van der Waals surface area (Å²) in [4.78, 5) is 13.3. The Hall–Kier alpha value is -1.11. The number of hydrogen-bond acceptors (Lipinski definition) is 4. The second kappa shape index (κ2) is 6.58. The van der Waals surface area contributed by atoms with E-state index in [2.05, 4.69) is 15.9 Å². The van der Waals surface area contributed by atoms with Crippen molar-refractivity contribution in [2.45, 2.75) is 0 Å². The Balaban J connectivity index is 2.92. The lowest BCUT2D eigenvalue weighted by Crippen LogP contribution is -2.35. The van der Waals surface area contributed by atoms with E-state index in [9.17, 15) is 9.90 Å². The first-order valence-electron chi connectivity index (χ1n) is 5.09. The Bertz CT molecular complexity index is 391. The van der Waals surface area contributed by atoms with Gasteiger partial charge in [-0.15, -0.1) is 0 Å². The first kappa shape index (κ1) is 14.0. The maximum Gasteiger partial charge on any atom is 0.257 e.